The van der Waals surface area contributed by atoms with Crippen molar-refractivity contribution in [3.8, 4) is 0 Å². The molecule has 0 fully saturated rings. The molecular weight excluding hydrogens is 200 g/mol. The molecule has 2 atom stereocenters. The number of nitrogens with one attached hydrogen (secondary N) is 2. The van der Waals surface area contributed by atoms with Crippen molar-refractivity contribution in [2.75, 3.05) is 13.6 Å². The van der Waals surface area contributed by atoms with E-state index in [0.717, 1.165) is 0 Å². The van der Waals surface area contributed by atoms with Gasteiger partial charge in [0, 0.05) is 6.54 Å². The molecule has 0 saturated heterocycles. The van der Waals surface area contributed by atoms with E-state index in [1.54, 1.807) is 7.05 Å². The Balaban J connectivity index is 2.42. The molecule has 0 aliphatic carbocycles. The predicted octanol–water partition coefficient (Wildman–Crippen LogP) is 1.51. The predicted molar refractivity (Wildman–Crippen MR) is 66.4 cm³/mol. The molecule has 0 aromatic heterocycles. The number of hydrogen-bond acceptors (Lipinski definition) is 2. The maximum Gasteiger partial charge on any atom is 0.236 e. The molecule has 3 heteroatoms. The van der Waals surface area contributed by atoms with Crippen molar-refractivity contribution in [3.05, 3.63) is 35.9 Å². The summed E-state index contributed by atoms with van der Waals surface area (Å²) in [6.45, 7) is 4.64. The Labute approximate surface area is 97.2 Å². The molecule has 3 nitrogen and oxygen atoms in total. The molecule has 1 aromatic carbocycles. The van der Waals surface area contributed by atoms with Gasteiger partial charge in [0.2, 0.25) is 5.91 Å². The van der Waals surface area contributed by atoms with Gasteiger partial charge in [0.25, 0.3) is 0 Å². The highest BCUT2D eigenvalue weighted by molar-refractivity contribution is 5.81. The fraction of sp³-hybridized carbons (Fsp3) is 0.462. The molecule has 2 unspecified atom stereocenters. The highest BCUT2D eigenvalue weighted by Gasteiger charge is 2.11. The molecular formula is C13H20N2O. The van der Waals surface area contributed by atoms with Gasteiger partial charge in [-0.25, -0.2) is 0 Å². The van der Waals surface area contributed by atoms with E-state index in [9.17, 15) is 4.79 Å². The van der Waals surface area contributed by atoms with E-state index in [1.807, 2.05) is 25.1 Å². The Morgan fingerprint density at radius 3 is 2.44 bits per heavy atom. The van der Waals surface area contributed by atoms with E-state index < -0.39 is 0 Å². The minimum atomic E-state index is -0.136. The second-order valence-corrected chi connectivity index (χ2v) is 4.07. The number of amides is 1. The topological polar surface area (TPSA) is 41.1 Å². The van der Waals surface area contributed by atoms with E-state index >= 15 is 0 Å². The molecule has 0 aliphatic rings. The first kappa shape index (κ1) is 12.7. The minimum Gasteiger partial charge on any atom is -0.354 e. The lowest BCUT2D eigenvalue weighted by Crippen LogP contribution is -2.41. The first-order chi connectivity index (χ1) is 7.65. The first-order valence-electron chi connectivity index (χ1n) is 5.65. The molecule has 0 saturated carbocycles. The zero-order chi connectivity index (χ0) is 12.0. The van der Waals surface area contributed by atoms with Crippen LogP contribution in [0.1, 0.15) is 25.3 Å². The van der Waals surface area contributed by atoms with Crippen molar-refractivity contribution in [2.45, 2.75) is 25.8 Å². The molecule has 0 radical (unpaired) electrons. The van der Waals surface area contributed by atoms with Gasteiger partial charge in [-0.15, -0.1) is 0 Å². The van der Waals surface area contributed by atoms with E-state index in [-0.39, 0.29) is 11.9 Å². The monoisotopic (exact) mass is 220 g/mol. The summed E-state index contributed by atoms with van der Waals surface area (Å²) >= 11 is 0. The zero-order valence-corrected chi connectivity index (χ0v) is 10.2. The quantitative estimate of drug-likeness (QED) is 0.790. The van der Waals surface area contributed by atoms with Gasteiger partial charge in [-0.3, -0.25) is 4.79 Å². The zero-order valence-electron chi connectivity index (χ0n) is 10.2. The fourth-order valence-electron chi connectivity index (χ4n) is 1.44. The van der Waals surface area contributed by atoms with Crippen LogP contribution in [-0.2, 0) is 4.79 Å². The number of rotatable bonds is 5. The maximum atomic E-state index is 11.5. The number of carbonyl (C=O) groups is 1. The number of hydrogen-bond donors (Lipinski definition) is 2. The van der Waals surface area contributed by atoms with Crippen molar-refractivity contribution >= 4 is 5.91 Å². The van der Waals surface area contributed by atoms with Gasteiger partial charge in [0.1, 0.15) is 0 Å². The minimum absolute atomic E-state index is 0.0466. The van der Waals surface area contributed by atoms with Gasteiger partial charge >= 0.3 is 0 Å². The maximum absolute atomic E-state index is 11.5. The molecule has 0 heterocycles. The van der Waals surface area contributed by atoms with E-state index in [1.165, 1.54) is 5.56 Å². The number of likely N-dealkylation sites (N-methyl/N-ethyl adjacent to an activating group) is 1. The smallest absolute Gasteiger partial charge is 0.236 e. The summed E-state index contributed by atoms with van der Waals surface area (Å²) in [6.07, 6.45) is 0. The lowest BCUT2D eigenvalue weighted by atomic mass is 10.0. The Hall–Kier alpha value is -1.35. The summed E-state index contributed by atoms with van der Waals surface area (Å²) in [7, 11) is 1.78. The van der Waals surface area contributed by atoms with Crippen LogP contribution < -0.4 is 10.6 Å². The van der Waals surface area contributed by atoms with Crippen LogP contribution in [0.15, 0.2) is 30.3 Å². The summed E-state index contributed by atoms with van der Waals surface area (Å²) in [6, 6.07) is 10.1. The SMILES string of the molecule is CNC(C)C(=O)NCC(C)c1ccccc1. The standard InChI is InChI=1S/C13H20N2O/c1-10(12-7-5-4-6-8-12)9-15-13(16)11(2)14-3/h4-8,10-11,14H,9H2,1-3H3,(H,15,16). The average molecular weight is 220 g/mol. The van der Waals surface area contributed by atoms with Gasteiger partial charge < -0.3 is 10.6 Å². The van der Waals surface area contributed by atoms with Crippen LogP contribution in [0.25, 0.3) is 0 Å². The molecule has 1 aromatic rings. The third-order valence-electron chi connectivity index (χ3n) is 2.78. The van der Waals surface area contributed by atoms with Crippen molar-refractivity contribution in [1.82, 2.24) is 10.6 Å². The molecule has 0 bridgehead atoms. The molecule has 0 spiro atoms. The van der Waals surface area contributed by atoms with Crippen LogP contribution in [-0.4, -0.2) is 25.5 Å². The number of benzene rings is 1. The second kappa shape index (κ2) is 6.28. The largest absolute Gasteiger partial charge is 0.354 e. The van der Waals surface area contributed by atoms with E-state index in [2.05, 4.69) is 29.7 Å². The van der Waals surface area contributed by atoms with Crippen molar-refractivity contribution in [3.63, 3.8) is 0 Å². The first-order valence-corrected chi connectivity index (χ1v) is 5.65. The Morgan fingerprint density at radius 2 is 1.88 bits per heavy atom. The van der Waals surface area contributed by atoms with Gasteiger partial charge in [-0.05, 0) is 25.5 Å². The Bertz CT molecular complexity index is 324. The van der Waals surface area contributed by atoms with Crippen LogP contribution in [0.3, 0.4) is 0 Å². The van der Waals surface area contributed by atoms with E-state index in [0.29, 0.717) is 12.5 Å². The third-order valence-corrected chi connectivity index (χ3v) is 2.78. The normalized spacial score (nSPS) is 14.2. The van der Waals surface area contributed by atoms with Gasteiger partial charge in [0.15, 0.2) is 0 Å². The van der Waals surface area contributed by atoms with Crippen LogP contribution in [0, 0.1) is 0 Å². The fourth-order valence-corrected chi connectivity index (χ4v) is 1.44. The van der Waals surface area contributed by atoms with Crippen LogP contribution >= 0.6 is 0 Å². The Morgan fingerprint density at radius 1 is 1.25 bits per heavy atom. The lowest BCUT2D eigenvalue weighted by Gasteiger charge is -2.15. The van der Waals surface area contributed by atoms with Crippen molar-refractivity contribution in [1.29, 1.82) is 0 Å². The molecule has 2 N–H and O–H groups in total. The van der Waals surface area contributed by atoms with Crippen LogP contribution in [0.4, 0.5) is 0 Å². The molecule has 1 rings (SSSR count). The molecule has 1 amide bonds. The molecule has 88 valence electrons. The average Bonchev–Trinajstić information content (AvgIpc) is 2.35. The number of carbonyl (C=O) groups excluding carboxylic acids is 1. The van der Waals surface area contributed by atoms with Crippen molar-refractivity contribution in [2.24, 2.45) is 0 Å². The Kier molecular flexibility index (Phi) is 4.99. The highest BCUT2D eigenvalue weighted by atomic mass is 16.2. The van der Waals surface area contributed by atoms with Gasteiger partial charge in [-0.1, -0.05) is 37.3 Å². The van der Waals surface area contributed by atoms with Gasteiger partial charge in [-0.2, -0.15) is 0 Å². The summed E-state index contributed by atoms with van der Waals surface area (Å²) in [4.78, 5) is 11.5. The second-order valence-electron chi connectivity index (χ2n) is 4.07. The molecule has 16 heavy (non-hydrogen) atoms. The summed E-state index contributed by atoms with van der Waals surface area (Å²) in [5.41, 5.74) is 1.25. The summed E-state index contributed by atoms with van der Waals surface area (Å²) in [5, 5.41) is 5.85. The summed E-state index contributed by atoms with van der Waals surface area (Å²) < 4.78 is 0. The molecule has 0 aliphatic heterocycles. The third kappa shape index (κ3) is 3.66. The van der Waals surface area contributed by atoms with Gasteiger partial charge in [0.05, 0.1) is 6.04 Å². The van der Waals surface area contributed by atoms with Crippen LogP contribution in [0.2, 0.25) is 0 Å². The van der Waals surface area contributed by atoms with E-state index in [4.69, 9.17) is 0 Å². The highest BCUT2D eigenvalue weighted by Crippen LogP contribution is 2.12. The summed E-state index contributed by atoms with van der Waals surface area (Å²) in [5.74, 6) is 0.388. The van der Waals surface area contributed by atoms with Crippen LogP contribution in [0.5, 0.6) is 0 Å². The van der Waals surface area contributed by atoms with Crippen molar-refractivity contribution < 1.29 is 4.79 Å². The lowest BCUT2D eigenvalue weighted by molar-refractivity contribution is -0.122.